The fourth-order valence-electron chi connectivity index (χ4n) is 1.79. The van der Waals surface area contributed by atoms with Gasteiger partial charge in [0, 0.05) is 11.1 Å². The van der Waals surface area contributed by atoms with Crippen LogP contribution in [0.3, 0.4) is 0 Å². The predicted octanol–water partition coefficient (Wildman–Crippen LogP) is 1.92. The van der Waals surface area contributed by atoms with E-state index in [9.17, 15) is 10.1 Å². The summed E-state index contributed by atoms with van der Waals surface area (Å²) in [5, 5.41) is 15.0. The number of anilines is 2. The lowest BCUT2D eigenvalue weighted by molar-refractivity contribution is -0.385. The van der Waals surface area contributed by atoms with E-state index in [1.807, 2.05) is 13.8 Å². The van der Waals surface area contributed by atoms with Crippen molar-refractivity contribution in [2.75, 3.05) is 10.7 Å². The number of aryl methyl sites for hydroxylation is 2. The summed E-state index contributed by atoms with van der Waals surface area (Å²) in [6, 6.07) is -0.220. The van der Waals surface area contributed by atoms with Crippen LogP contribution in [0.2, 0.25) is 0 Å². The minimum atomic E-state index is -0.516. The van der Waals surface area contributed by atoms with Crippen LogP contribution in [0, 0.1) is 24.0 Å². The van der Waals surface area contributed by atoms with Crippen molar-refractivity contribution in [2.24, 2.45) is 5.84 Å². The van der Waals surface area contributed by atoms with Crippen molar-refractivity contribution in [3.05, 3.63) is 31.9 Å². The molecule has 0 radical (unpaired) electrons. The van der Waals surface area contributed by atoms with E-state index in [1.165, 1.54) is 18.3 Å². The van der Waals surface area contributed by atoms with E-state index in [4.69, 9.17) is 5.84 Å². The monoisotopic (exact) mass is 309 g/mol. The minimum absolute atomic E-state index is 0.112. The summed E-state index contributed by atoms with van der Waals surface area (Å²) in [4.78, 5) is 23.9. The van der Waals surface area contributed by atoms with Gasteiger partial charge in [-0.2, -0.15) is 4.98 Å². The first-order chi connectivity index (χ1) is 9.92. The molecule has 2 rings (SSSR count). The predicted molar refractivity (Wildman–Crippen MR) is 80.1 cm³/mol. The van der Waals surface area contributed by atoms with Crippen LogP contribution in [0.5, 0.6) is 0 Å². The van der Waals surface area contributed by atoms with Crippen LogP contribution in [0.15, 0.2) is 6.20 Å². The molecule has 2 heterocycles. The molecule has 0 saturated carbocycles. The zero-order valence-corrected chi connectivity index (χ0v) is 12.6. The van der Waals surface area contributed by atoms with E-state index in [0.29, 0.717) is 0 Å². The SMILES string of the molecule is Cc1cnc(C(C)Nc2nc(NN)nc(C)c2[N+](=O)[O-])s1. The molecule has 0 aliphatic heterocycles. The molecule has 21 heavy (non-hydrogen) atoms. The summed E-state index contributed by atoms with van der Waals surface area (Å²) < 4.78 is 0. The van der Waals surface area contributed by atoms with Crippen molar-refractivity contribution >= 4 is 28.8 Å². The highest BCUT2D eigenvalue weighted by molar-refractivity contribution is 7.11. The van der Waals surface area contributed by atoms with Crippen LogP contribution in [-0.4, -0.2) is 19.9 Å². The Morgan fingerprint density at radius 2 is 2.14 bits per heavy atom. The molecule has 2 aromatic rings. The van der Waals surface area contributed by atoms with E-state index in [1.54, 1.807) is 6.20 Å². The highest BCUT2D eigenvalue weighted by Crippen LogP contribution is 2.30. The third-order valence-corrected chi connectivity index (χ3v) is 3.83. The van der Waals surface area contributed by atoms with Crippen LogP contribution in [-0.2, 0) is 0 Å². The average molecular weight is 309 g/mol. The molecular formula is C11H15N7O2S. The number of hydrazine groups is 1. The first kappa shape index (κ1) is 15.1. The molecule has 0 aliphatic carbocycles. The van der Waals surface area contributed by atoms with Gasteiger partial charge in [-0.1, -0.05) is 0 Å². The van der Waals surface area contributed by atoms with Crippen molar-refractivity contribution in [3.63, 3.8) is 0 Å². The summed E-state index contributed by atoms with van der Waals surface area (Å²) in [6.07, 6.45) is 1.75. The Morgan fingerprint density at radius 1 is 1.43 bits per heavy atom. The van der Waals surface area contributed by atoms with Crippen LogP contribution in [0.25, 0.3) is 0 Å². The molecule has 0 spiro atoms. The normalized spacial score (nSPS) is 12.0. The Balaban J connectivity index is 2.37. The van der Waals surface area contributed by atoms with Crippen LogP contribution in [0.4, 0.5) is 17.5 Å². The van der Waals surface area contributed by atoms with Gasteiger partial charge in [0.2, 0.25) is 11.8 Å². The second-order valence-electron chi connectivity index (χ2n) is 4.41. The Morgan fingerprint density at radius 3 is 2.67 bits per heavy atom. The smallest absolute Gasteiger partial charge is 0.332 e. The molecule has 112 valence electrons. The zero-order chi connectivity index (χ0) is 15.6. The summed E-state index contributed by atoms with van der Waals surface area (Å²) >= 11 is 1.52. The second kappa shape index (κ2) is 5.97. The first-order valence-corrected chi connectivity index (χ1v) is 6.92. The topological polar surface area (TPSA) is 132 Å². The van der Waals surface area contributed by atoms with E-state index in [-0.39, 0.29) is 29.2 Å². The molecule has 0 bridgehead atoms. The molecule has 4 N–H and O–H groups in total. The van der Waals surface area contributed by atoms with Crippen LogP contribution < -0.4 is 16.6 Å². The Hall–Kier alpha value is -2.33. The lowest BCUT2D eigenvalue weighted by atomic mass is 10.3. The molecule has 0 aromatic carbocycles. The van der Waals surface area contributed by atoms with Crippen molar-refractivity contribution < 1.29 is 4.92 Å². The van der Waals surface area contributed by atoms with Crippen molar-refractivity contribution in [3.8, 4) is 0 Å². The average Bonchev–Trinajstić information content (AvgIpc) is 2.84. The Kier molecular flexibility index (Phi) is 4.29. The molecule has 0 fully saturated rings. The fourth-order valence-corrected chi connectivity index (χ4v) is 2.57. The third-order valence-electron chi connectivity index (χ3n) is 2.73. The Bertz CT molecular complexity index is 673. The standard InChI is InChI=1S/C11H15N7O2S/c1-5-4-13-10(21-5)7(3)14-9-8(18(19)20)6(2)15-11(16-9)17-12/h4,7H,12H2,1-3H3,(H2,14,15,16,17). The number of hydrogen-bond donors (Lipinski definition) is 3. The van der Waals surface area contributed by atoms with Crippen molar-refractivity contribution in [1.82, 2.24) is 15.0 Å². The van der Waals surface area contributed by atoms with Gasteiger partial charge in [0.05, 0.1) is 11.0 Å². The Labute approximate surface area is 124 Å². The molecule has 10 heteroatoms. The number of nitrogens with two attached hydrogens (primary N) is 1. The summed E-state index contributed by atoms with van der Waals surface area (Å²) in [5.41, 5.74) is 2.35. The highest BCUT2D eigenvalue weighted by atomic mass is 32.1. The van der Waals surface area contributed by atoms with Gasteiger partial charge < -0.3 is 5.32 Å². The molecular weight excluding hydrogens is 294 g/mol. The maximum atomic E-state index is 11.2. The second-order valence-corrected chi connectivity index (χ2v) is 5.67. The molecule has 0 amide bonds. The lowest BCUT2D eigenvalue weighted by Crippen LogP contribution is -2.16. The zero-order valence-electron chi connectivity index (χ0n) is 11.7. The lowest BCUT2D eigenvalue weighted by Gasteiger charge is -2.13. The molecule has 1 atom stereocenters. The van der Waals surface area contributed by atoms with E-state index < -0.39 is 4.92 Å². The summed E-state index contributed by atoms with van der Waals surface area (Å²) in [6.45, 7) is 5.33. The van der Waals surface area contributed by atoms with Gasteiger partial charge in [0.1, 0.15) is 10.7 Å². The maximum absolute atomic E-state index is 11.2. The quantitative estimate of drug-likeness (QED) is 0.433. The van der Waals surface area contributed by atoms with Gasteiger partial charge in [0.15, 0.2) is 0 Å². The number of rotatable bonds is 5. The number of nitrogens with one attached hydrogen (secondary N) is 2. The van der Waals surface area contributed by atoms with Gasteiger partial charge in [0.25, 0.3) is 0 Å². The molecule has 1 unspecified atom stereocenters. The van der Waals surface area contributed by atoms with Gasteiger partial charge in [-0.25, -0.2) is 15.8 Å². The van der Waals surface area contributed by atoms with Crippen molar-refractivity contribution in [2.45, 2.75) is 26.8 Å². The maximum Gasteiger partial charge on any atom is 0.332 e. The van der Waals surface area contributed by atoms with E-state index in [0.717, 1.165) is 9.88 Å². The van der Waals surface area contributed by atoms with Crippen molar-refractivity contribution in [1.29, 1.82) is 0 Å². The van der Waals surface area contributed by atoms with Gasteiger partial charge in [-0.15, -0.1) is 11.3 Å². The molecule has 2 aromatic heterocycles. The highest BCUT2D eigenvalue weighted by Gasteiger charge is 2.24. The van der Waals surface area contributed by atoms with Crippen LogP contribution >= 0.6 is 11.3 Å². The van der Waals surface area contributed by atoms with Crippen LogP contribution in [0.1, 0.15) is 28.5 Å². The number of nitrogen functional groups attached to an aromatic ring is 1. The van der Waals surface area contributed by atoms with Gasteiger partial charge >= 0.3 is 5.69 Å². The number of thiazole rings is 1. The summed E-state index contributed by atoms with van der Waals surface area (Å²) in [7, 11) is 0. The number of nitrogens with zero attached hydrogens (tertiary/aromatic N) is 4. The van der Waals surface area contributed by atoms with E-state index in [2.05, 4.69) is 25.7 Å². The largest absolute Gasteiger partial charge is 0.355 e. The summed E-state index contributed by atoms with van der Waals surface area (Å²) in [5.74, 6) is 5.50. The minimum Gasteiger partial charge on any atom is -0.355 e. The molecule has 9 nitrogen and oxygen atoms in total. The number of aromatic nitrogens is 3. The first-order valence-electron chi connectivity index (χ1n) is 6.11. The van der Waals surface area contributed by atoms with Gasteiger partial charge in [-0.05, 0) is 20.8 Å². The number of hydrogen-bond acceptors (Lipinski definition) is 9. The third kappa shape index (κ3) is 3.23. The molecule has 0 saturated heterocycles. The number of nitro groups is 1. The fraction of sp³-hybridized carbons (Fsp3) is 0.364. The van der Waals surface area contributed by atoms with E-state index >= 15 is 0 Å². The van der Waals surface area contributed by atoms with Gasteiger partial charge in [-0.3, -0.25) is 15.5 Å². The molecule has 0 aliphatic rings.